The molecule has 2 saturated carbocycles. The highest BCUT2D eigenvalue weighted by atomic mass is 16.4. The van der Waals surface area contributed by atoms with Crippen LogP contribution in [0.4, 0.5) is 0 Å². The zero-order valence-corrected chi connectivity index (χ0v) is 6.08. The minimum absolute atomic E-state index is 0.0556. The smallest absolute Gasteiger partial charge is 0.427 e. The van der Waals surface area contributed by atoms with E-state index in [1.807, 2.05) is 0 Å². The first kappa shape index (κ1) is 6.68. The molecule has 0 amide bonds. The van der Waals surface area contributed by atoms with Crippen LogP contribution in [0.5, 0.6) is 0 Å². The predicted molar refractivity (Wildman–Crippen MR) is 39.5 cm³/mol. The van der Waals surface area contributed by atoms with Gasteiger partial charge in [0, 0.05) is 5.31 Å². The molecule has 0 aliphatic heterocycles. The van der Waals surface area contributed by atoms with E-state index in [-0.39, 0.29) is 5.31 Å². The van der Waals surface area contributed by atoms with Crippen molar-refractivity contribution in [2.24, 2.45) is 5.92 Å². The molecular formula is C7H13BO2. The minimum Gasteiger partial charge on any atom is -0.427 e. The maximum Gasteiger partial charge on any atom is 0.458 e. The van der Waals surface area contributed by atoms with Gasteiger partial charge in [-0.3, -0.25) is 0 Å². The Kier molecular flexibility index (Phi) is 1.33. The Morgan fingerprint density at radius 1 is 1.20 bits per heavy atom. The van der Waals surface area contributed by atoms with Crippen LogP contribution in [-0.4, -0.2) is 17.2 Å². The lowest BCUT2D eigenvalue weighted by molar-refractivity contribution is 0.216. The van der Waals surface area contributed by atoms with Gasteiger partial charge in [-0.25, -0.2) is 0 Å². The van der Waals surface area contributed by atoms with Crippen LogP contribution in [0.2, 0.25) is 5.31 Å². The molecule has 10 heavy (non-hydrogen) atoms. The maximum absolute atomic E-state index is 9.09. The molecule has 0 aromatic carbocycles. The summed E-state index contributed by atoms with van der Waals surface area (Å²) in [6.45, 7) is 0. The van der Waals surface area contributed by atoms with Crippen molar-refractivity contribution in [3.05, 3.63) is 0 Å². The van der Waals surface area contributed by atoms with Gasteiger partial charge in [-0.2, -0.15) is 0 Å². The predicted octanol–water partition coefficient (Wildman–Crippen LogP) is 0.793. The largest absolute Gasteiger partial charge is 0.458 e. The van der Waals surface area contributed by atoms with E-state index in [1.54, 1.807) is 0 Å². The topological polar surface area (TPSA) is 40.5 Å². The summed E-state index contributed by atoms with van der Waals surface area (Å²) in [5.41, 5.74) is 0. The van der Waals surface area contributed by atoms with E-state index in [0.717, 1.165) is 12.8 Å². The van der Waals surface area contributed by atoms with Gasteiger partial charge >= 0.3 is 7.12 Å². The highest BCUT2D eigenvalue weighted by Gasteiger charge is 2.56. The molecule has 3 heteroatoms. The van der Waals surface area contributed by atoms with Crippen LogP contribution in [-0.2, 0) is 0 Å². The van der Waals surface area contributed by atoms with E-state index in [4.69, 9.17) is 10.0 Å². The molecule has 0 heterocycles. The van der Waals surface area contributed by atoms with Crippen molar-refractivity contribution < 1.29 is 10.0 Å². The fraction of sp³-hybridized carbons (Fsp3) is 1.00. The van der Waals surface area contributed by atoms with Crippen LogP contribution >= 0.6 is 0 Å². The van der Waals surface area contributed by atoms with Gasteiger partial charge in [0.15, 0.2) is 0 Å². The zero-order valence-electron chi connectivity index (χ0n) is 6.08. The Labute approximate surface area is 61.4 Å². The van der Waals surface area contributed by atoms with Crippen molar-refractivity contribution in [2.45, 2.75) is 37.4 Å². The molecule has 0 spiro atoms. The van der Waals surface area contributed by atoms with Crippen LogP contribution in [0, 0.1) is 5.92 Å². The number of hydrogen-bond donors (Lipinski definition) is 2. The fourth-order valence-electron chi connectivity index (χ4n) is 2.12. The second kappa shape index (κ2) is 1.99. The van der Waals surface area contributed by atoms with E-state index in [9.17, 15) is 0 Å². The molecule has 0 aromatic rings. The third-order valence-electron chi connectivity index (χ3n) is 3.19. The van der Waals surface area contributed by atoms with Gasteiger partial charge in [0.25, 0.3) is 0 Å². The third-order valence-corrected chi connectivity index (χ3v) is 3.19. The Hall–Kier alpha value is -0.0151. The number of hydrogen-bond acceptors (Lipinski definition) is 2. The van der Waals surface area contributed by atoms with Gasteiger partial charge in [0.2, 0.25) is 0 Å². The number of rotatable bonds is 2. The summed E-state index contributed by atoms with van der Waals surface area (Å²) in [7, 11) is -1.05. The summed E-state index contributed by atoms with van der Waals surface area (Å²) < 4.78 is 0. The SMILES string of the molecule is OB(O)C1(C2CC2)CCC1. The van der Waals surface area contributed by atoms with Gasteiger partial charge < -0.3 is 10.0 Å². The molecule has 56 valence electrons. The van der Waals surface area contributed by atoms with Crippen molar-refractivity contribution >= 4 is 7.12 Å². The van der Waals surface area contributed by atoms with Gasteiger partial charge in [0.1, 0.15) is 0 Å². The average Bonchev–Trinajstić information content (AvgIpc) is 2.43. The molecule has 2 aliphatic carbocycles. The minimum atomic E-state index is -1.05. The molecule has 0 saturated heterocycles. The maximum atomic E-state index is 9.09. The van der Waals surface area contributed by atoms with E-state index >= 15 is 0 Å². The van der Waals surface area contributed by atoms with Crippen LogP contribution in [0.1, 0.15) is 32.1 Å². The highest BCUT2D eigenvalue weighted by molar-refractivity contribution is 6.46. The summed E-state index contributed by atoms with van der Waals surface area (Å²) in [6, 6.07) is 0. The molecular weight excluding hydrogens is 127 g/mol. The summed E-state index contributed by atoms with van der Waals surface area (Å²) in [5.74, 6) is 0.640. The average molecular weight is 140 g/mol. The summed E-state index contributed by atoms with van der Waals surface area (Å²) in [5, 5.41) is 18.1. The van der Waals surface area contributed by atoms with Crippen molar-refractivity contribution in [1.82, 2.24) is 0 Å². The first-order valence-corrected chi connectivity index (χ1v) is 4.12. The van der Waals surface area contributed by atoms with Gasteiger partial charge in [-0.1, -0.05) is 19.3 Å². The summed E-state index contributed by atoms with van der Waals surface area (Å²) in [4.78, 5) is 0. The molecule has 2 nitrogen and oxygen atoms in total. The van der Waals surface area contributed by atoms with Crippen LogP contribution in [0.15, 0.2) is 0 Å². The lowest BCUT2D eigenvalue weighted by Crippen LogP contribution is -2.40. The normalized spacial score (nSPS) is 29.4. The third kappa shape index (κ3) is 0.737. The molecule has 2 rings (SSSR count). The fourth-order valence-corrected chi connectivity index (χ4v) is 2.12. The summed E-state index contributed by atoms with van der Waals surface area (Å²) >= 11 is 0. The first-order valence-electron chi connectivity index (χ1n) is 4.12. The second-order valence-electron chi connectivity index (χ2n) is 3.73. The molecule has 0 atom stereocenters. The molecule has 0 bridgehead atoms. The summed E-state index contributed by atoms with van der Waals surface area (Å²) in [6.07, 6.45) is 5.70. The molecule has 2 N–H and O–H groups in total. The van der Waals surface area contributed by atoms with E-state index in [2.05, 4.69) is 0 Å². The monoisotopic (exact) mass is 140 g/mol. The second-order valence-corrected chi connectivity index (χ2v) is 3.73. The van der Waals surface area contributed by atoms with Crippen molar-refractivity contribution in [3.63, 3.8) is 0 Å². The van der Waals surface area contributed by atoms with Crippen LogP contribution in [0.3, 0.4) is 0 Å². The van der Waals surface area contributed by atoms with Crippen molar-refractivity contribution in [2.75, 3.05) is 0 Å². The zero-order chi connectivity index (χ0) is 7.19. The van der Waals surface area contributed by atoms with E-state index < -0.39 is 7.12 Å². The standard InChI is InChI=1S/C7H13BO2/c9-8(10)7(4-1-5-7)6-2-3-6/h6,9-10H,1-5H2. The van der Waals surface area contributed by atoms with Crippen molar-refractivity contribution in [1.29, 1.82) is 0 Å². The molecule has 2 aliphatic rings. The quantitative estimate of drug-likeness (QED) is 0.556. The Balaban J connectivity index is 2.05. The van der Waals surface area contributed by atoms with Gasteiger partial charge in [0.05, 0.1) is 0 Å². The van der Waals surface area contributed by atoms with E-state index in [0.29, 0.717) is 5.92 Å². The first-order chi connectivity index (χ1) is 4.76. The lowest BCUT2D eigenvalue weighted by Gasteiger charge is -2.41. The molecule has 0 unspecified atom stereocenters. The van der Waals surface area contributed by atoms with Gasteiger partial charge in [-0.05, 0) is 18.8 Å². The van der Waals surface area contributed by atoms with E-state index in [1.165, 1.54) is 19.3 Å². The molecule has 2 fully saturated rings. The Morgan fingerprint density at radius 2 is 1.80 bits per heavy atom. The van der Waals surface area contributed by atoms with Crippen LogP contribution < -0.4 is 0 Å². The van der Waals surface area contributed by atoms with Crippen molar-refractivity contribution in [3.8, 4) is 0 Å². The van der Waals surface area contributed by atoms with Gasteiger partial charge in [-0.15, -0.1) is 0 Å². The highest BCUT2D eigenvalue weighted by Crippen LogP contribution is 2.63. The Bertz CT molecular complexity index is 135. The molecule has 0 aromatic heterocycles. The lowest BCUT2D eigenvalue weighted by atomic mass is 9.45. The molecule has 0 radical (unpaired) electrons. The Morgan fingerprint density at radius 3 is 1.90 bits per heavy atom. The van der Waals surface area contributed by atoms with Crippen LogP contribution in [0.25, 0.3) is 0 Å².